The zero-order valence-corrected chi connectivity index (χ0v) is 7.61. The Balaban J connectivity index is 2.83. The zero-order valence-electron chi connectivity index (χ0n) is 7.61. The molecule has 0 rings (SSSR count). The van der Waals surface area contributed by atoms with Crippen LogP contribution in [0.25, 0.3) is 0 Å². The molecule has 0 heterocycles. The molecule has 0 unspecified atom stereocenters. The van der Waals surface area contributed by atoms with Crippen LogP contribution in [0.4, 0.5) is 0 Å². The second-order valence-corrected chi connectivity index (χ2v) is 2.26. The van der Waals surface area contributed by atoms with Gasteiger partial charge in [-0.05, 0) is 0 Å². The van der Waals surface area contributed by atoms with Gasteiger partial charge in [-0.15, -0.1) is 0 Å². The molecule has 0 aliphatic heterocycles. The summed E-state index contributed by atoms with van der Waals surface area (Å²) in [6.45, 7) is 3.09. The van der Waals surface area contributed by atoms with Crippen molar-refractivity contribution in [3.05, 3.63) is 0 Å². The molecule has 0 amide bonds. The second-order valence-electron chi connectivity index (χ2n) is 2.26. The molecular weight excluding hydrogens is 174 g/mol. The Bertz CT molecular complexity index is 115. The van der Waals surface area contributed by atoms with Crippen LogP contribution in [-0.4, -0.2) is 61.7 Å². The Morgan fingerprint density at radius 3 is 1.77 bits per heavy atom. The number of ether oxygens (including phenoxy) is 2. The van der Waals surface area contributed by atoms with E-state index in [9.17, 15) is 0 Å². The summed E-state index contributed by atoms with van der Waals surface area (Å²) in [7, 11) is 0. The van der Waals surface area contributed by atoms with Crippen molar-refractivity contribution in [3.63, 3.8) is 0 Å². The van der Waals surface area contributed by atoms with E-state index in [4.69, 9.17) is 19.1 Å². The van der Waals surface area contributed by atoms with Crippen molar-refractivity contribution in [1.82, 2.24) is 5.32 Å². The molecule has 0 aliphatic rings. The van der Waals surface area contributed by atoms with Gasteiger partial charge in [0.2, 0.25) is 0 Å². The third-order valence-electron chi connectivity index (χ3n) is 1.23. The lowest BCUT2D eigenvalue weighted by atomic mass is 10.6. The minimum atomic E-state index is 0.262. The van der Waals surface area contributed by atoms with Gasteiger partial charge in [0, 0.05) is 13.1 Å². The van der Waals surface area contributed by atoms with Gasteiger partial charge in [-0.3, -0.25) is 9.59 Å². The molecule has 13 heavy (non-hydrogen) atoms. The SMILES string of the molecule is [OH+]=CCOCCNCCOCC=[OH+]. The summed E-state index contributed by atoms with van der Waals surface area (Å²) >= 11 is 0. The first-order valence-electron chi connectivity index (χ1n) is 4.19. The van der Waals surface area contributed by atoms with E-state index in [1.165, 1.54) is 0 Å². The largest absolute Gasteiger partial charge is 0.367 e. The number of rotatable bonds is 10. The fourth-order valence-corrected chi connectivity index (χ4v) is 0.686. The molecule has 3 N–H and O–H groups in total. The highest BCUT2D eigenvalue weighted by Gasteiger charge is 1.90. The summed E-state index contributed by atoms with van der Waals surface area (Å²) in [6.07, 6.45) is 1.94. The molecule has 0 radical (unpaired) electrons. The Morgan fingerprint density at radius 2 is 1.38 bits per heavy atom. The lowest BCUT2D eigenvalue weighted by Gasteiger charge is -2.02. The summed E-state index contributed by atoms with van der Waals surface area (Å²) in [5, 5.41) is 3.06. The van der Waals surface area contributed by atoms with Crippen LogP contribution in [0.15, 0.2) is 0 Å². The molecule has 76 valence electrons. The number of hydrogen-bond donors (Lipinski definition) is 1. The van der Waals surface area contributed by atoms with Crippen molar-refractivity contribution in [3.8, 4) is 0 Å². The van der Waals surface area contributed by atoms with Gasteiger partial charge in [-0.2, -0.15) is 0 Å². The van der Waals surface area contributed by atoms with Crippen LogP contribution in [0, 0.1) is 0 Å². The van der Waals surface area contributed by atoms with E-state index >= 15 is 0 Å². The maximum absolute atomic E-state index is 8.25. The molecule has 0 spiro atoms. The predicted molar refractivity (Wildman–Crippen MR) is 50.5 cm³/mol. The van der Waals surface area contributed by atoms with E-state index in [0.29, 0.717) is 13.2 Å². The van der Waals surface area contributed by atoms with Crippen LogP contribution in [0.2, 0.25) is 0 Å². The predicted octanol–water partition coefficient (Wildman–Crippen LogP) is -1.04. The van der Waals surface area contributed by atoms with Crippen LogP contribution in [-0.2, 0) is 9.47 Å². The van der Waals surface area contributed by atoms with Gasteiger partial charge in [0.15, 0.2) is 13.2 Å². The Morgan fingerprint density at radius 1 is 0.923 bits per heavy atom. The average Bonchev–Trinajstić information content (AvgIpc) is 2.16. The molecule has 0 atom stereocenters. The molecule has 0 aliphatic carbocycles. The van der Waals surface area contributed by atoms with E-state index in [1.54, 1.807) is 0 Å². The maximum atomic E-state index is 8.25. The van der Waals surface area contributed by atoms with Gasteiger partial charge >= 0.3 is 12.6 Å². The Hall–Kier alpha value is -0.780. The number of carbonyl (C=O) groups excluding carboxylic acids is 2. The molecule has 0 bridgehead atoms. The number of nitrogens with one attached hydrogen (secondary N) is 1. The molecule has 0 aromatic heterocycles. The Labute approximate surface area is 77.4 Å². The van der Waals surface area contributed by atoms with Crippen LogP contribution in [0.5, 0.6) is 0 Å². The smallest absolute Gasteiger partial charge is 0.307 e. The topological polar surface area (TPSA) is 73.3 Å². The lowest BCUT2D eigenvalue weighted by molar-refractivity contribution is 0.155. The van der Waals surface area contributed by atoms with Crippen molar-refractivity contribution in [2.75, 3.05) is 39.5 Å². The van der Waals surface area contributed by atoms with E-state index in [2.05, 4.69) is 5.32 Å². The van der Waals surface area contributed by atoms with Crippen molar-refractivity contribution in [2.24, 2.45) is 0 Å². The highest BCUT2D eigenvalue weighted by Crippen LogP contribution is 1.71. The van der Waals surface area contributed by atoms with Gasteiger partial charge in [-0.25, -0.2) is 0 Å². The van der Waals surface area contributed by atoms with E-state index < -0.39 is 0 Å². The minimum absolute atomic E-state index is 0.262. The van der Waals surface area contributed by atoms with Gasteiger partial charge < -0.3 is 14.8 Å². The normalized spacial score (nSPS) is 9.85. The van der Waals surface area contributed by atoms with Crippen molar-refractivity contribution in [1.29, 1.82) is 0 Å². The minimum Gasteiger partial charge on any atom is -0.367 e. The molecule has 0 saturated carbocycles. The first-order valence-corrected chi connectivity index (χ1v) is 4.19. The Kier molecular flexibility index (Phi) is 10.5. The quantitative estimate of drug-likeness (QED) is 0.272. The van der Waals surface area contributed by atoms with Crippen molar-refractivity contribution in [2.45, 2.75) is 0 Å². The molecule has 0 saturated heterocycles. The summed E-state index contributed by atoms with van der Waals surface area (Å²) in [5.74, 6) is 0. The van der Waals surface area contributed by atoms with E-state index in [1.807, 2.05) is 0 Å². The summed E-state index contributed by atoms with van der Waals surface area (Å²) < 4.78 is 9.91. The second kappa shape index (κ2) is 11.2. The summed E-state index contributed by atoms with van der Waals surface area (Å²) in [5.41, 5.74) is 0. The van der Waals surface area contributed by atoms with E-state index in [-0.39, 0.29) is 13.2 Å². The van der Waals surface area contributed by atoms with Crippen LogP contribution in [0.3, 0.4) is 0 Å². The first-order chi connectivity index (χ1) is 6.41. The fraction of sp³-hybridized carbons (Fsp3) is 0.750. The number of aldehydes is 2. The molecular formula is C8H17NO4+2. The van der Waals surface area contributed by atoms with Crippen molar-refractivity contribution >= 4 is 12.6 Å². The van der Waals surface area contributed by atoms with E-state index in [0.717, 1.165) is 25.7 Å². The third kappa shape index (κ3) is 11.2. The fourth-order valence-electron chi connectivity index (χ4n) is 0.686. The molecule has 5 nitrogen and oxygen atoms in total. The molecule has 0 fully saturated rings. The van der Waals surface area contributed by atoms with Crippen molar-refractivity contribution < 1.29 is 19.1 Å². The first kappa shape index (κ1) is 12.2. The summed E-state index contributed by atoms with van der Waals surface area (Å²) in [6, 6.07) is 0. The van der Waals surface area contributed by atoms with Crippen LogP contribution >= 0.6 is 0 Å². The monoisotopic (exact) mass is 191 g/mol. The van der Waals surface area contributed by atoms with Gasteiger partial charge in [-0.1, -0.05) is 0 Å². The van der Waals surface area contributed by atoms with Gasteiger partial charge in [0.05, 0.1) is 13.2 Å². The third-order valence-corrected chi connectivity index (χ3v) is 1.23. The zero-order chi connectivity index (χ0) is 9.78. The highest BCUT2D eigenvalue weighted by molar-refractivity contribution is 5.52. The lowest BCUT2D eigenvalue weighted by Crippen LogP contribution is -2.24. The number of hydrogen-bond acceptors (Lipinski definition) is 3. The van der Waals surface area contributed by atoms with Gasteiger partial charge in [0.1, 0.15) is 0 Å². The molecule has 0 aromatic rings. The van der Waals surface area contributed by atoms with Gasteiger partial charge in [0.25, 0.3) is 0 Å². The van der Waals surface area contributed by atoms with Crippen LogP contribution in [0.1, 0.15) is 0 Å². The summed E-state index contributed by atoms with van der Waals surface area (Å²) in [4.78, 5) is 16.5. The standard InChI is InChI=1S/C8H15NO4/c10-3-7-12-5-1-9-2-6-13-8-4-11/h3-4,9H,1-2,5-8H2/p+2. The van der Waals surface area contributed by atoms with Crippen LogP contribution < -0.4 is 5.32 Å². The average molecular weight is 191 g/mol. The molecule has 0 aromatic carbocycles. The highest BCUT2D eigenvalue weighted by atomic mass is 16.5. The maximum Gasteiger partial charge on any atom is 0.307 e. The molecule has 5 heteroatoms.